The van der Waals surface area contributed by atoms with Crippen LogP contribution in [0.5, 0.6) is 0 Å². The molecule has 1 rings (SSSR count). The average molecular weight is 214 g/mol. The van der Waals surface area contributed by atoms with Crippen LogP contribution in [0, 0.1) is 6.92 Å². The van der Waals surface area contributed by atoms with Crippen molar-refractivity contribution in [2.75, 3.05) is 5.33 Å². The summed E-state index contributed by atoms with van der Waals surface area (Å²) in [6.45, 7) is 2.06. The van der Waals surface area contributed by atoms with Gasteiger partial charge in [-0.05, 0) is 31.4 Å². The van der Waals surface area contributed by atoms with Gasteiger partial charge in [0.2, 0.25) is 0 Å². The molecular weight excluding hydrogens is 202 g/mol. The van der Waals surface area contributed by atoms with Crippen LogP contribution in [0.25, 0.3) is 0 Å². The predicted octanol–water partition coefficient (Wildman–Crippen LogP) is 2.72. The van der Waals surface area contributed by atoms with Crippen molar-refractivity contribution in [2.45, 2.75) is 19.8 Å². The van der Waals surface area contributed by atoms with Crippen LogP contribution in [0.4, 0.5) is 0 Å². The molecule has 0 aliphatic heterocycles. The van der Waals surface area contributed by atoms with Crippen LogP contribution in [0.3, 0.4) is 0 Å². The molecule has 0 atom stereocenters. The normalized spacial score (nSPS) is 10.0. The molecule has 1 aromatic rings. The van der Waals surface area contributed by atoms with Crippen LogP contribution >= 0.6 is 15.9 Å². The predicted molar refractivity (Wildman–Crippen MR) is 51.1 cm³/mol. The second-order valence-corrected chi connectivity index (χ2v) is 3.33. The minimum Gasteiger partial charge on any atom is -0.261 e. The Balaban J connectivity index is 2.62. The number of halogens is 1. The number of alkyl halides is 1. The minimum absolute atomic E-state index is 1.07. The Morgan fingerprint density at radius 2 is 2.36 bits per heavy atom. The Labute approximate surface area is 76.0 Å². The van der Waals surface area contributed by atoms with Gasteiger partial charge in [-0.1, -0.05) is 22.0 Å². The van der Waals surface area contributed by atoms with Crippen molar-refractivity contribution in [1.29, 1.82) is 0 Å². The molecule has 0 saturated carbocycles. The summed E-state index contributed by atoms with van der Waals surface area (Å²) in [6, 6.07) is 4.14. The molecule has 0 aromatic carbocycles. The Kier molecular flexibility index (Phi) is 3.57. The molecule has 0 spiro atoms. The topological polar surface area (TPSA) is 12.9 Å². The number of rotatable bonds is 3. The highest BCUT2D eigenvalue weighted by molar-refractivity contribution is 9.09. The van der Waals surface area contributed by atoms with Crippen LogP contribution in [-0.2, 0) is 6.42 Å². The lowest BCUT2D eigenvalue weighted by Crippen LogP contribution is -1.92. The molecule has 0 aliphatic carbocycles. The largest absolute Gasteiger partial charge is 0.261 e. The molecule has 1 heterocycles. The van der Waals surface area contributed by atoms with Gasteiger partial charge in [0.1, 0.15) is 0 Å². The average Bonchev–Trinajstić information content (AvgIpc) is 2.03. The molecule has 1 nitrogen and oxygen atoms in total. The third-order valence-corrected chi connectivity index (χ3v) is 2.26. The van der Waals surface area contributed by atoms with E-state index in [4.69, 9.17) is 0 Å². The lowest BCUT2D eigenvalue weighted by molar-refractivity contribution is 0.913. The molecule has 0 bridgehead atoms. The molecule has 0 amide bonds. The van der Waals surface area contributed by atoms with E-state index in [2.05, 4.69) is 33.9 Å². The third kappa shape index (κ3) is 2.62. The summed E-state index contributed by atoms with van der Waals surface area (Å²) >= 11 is 3.41. The molecule has 60 valence electrons. The van der Waals surface area contributed by atoms with Gasteiger partial charge in [-0.25, -0.2) is 0 Å². The number of pyridine rings is 1. The molecule has 1 aromatic heterocycles. The van der Waals surface area contributed by atoms with Crippen LogP contribution < -0.4 is 0 Å². The molecule has 0 aliphatic rings. The Morgan fingerprint density at radius 3 is 3.00 bits per heavy atom. The standard InChI is InChI=1S/C9H12BrN/c1-8-9(4-2-6-10)5-3-7-11-8/h3,5,7H,2,4,6H2,1H3. The molecule has 0 radical (unpaired) electrons. The van der Waals surface area contributed by atoms with Crippen molar-refractivity contribution in [1.82, 2.24) is 4.98 Å². The number of hydrogen-bond acceptors (Lipinski definition) is 1. The van der Waals surface area contributed by atoms with E-state index in [-0.39, 0.29) is 0 Å². The maximum atomic E-state index is 4.22. The zero-order chi connectivity index (χ0) is 8.10. The minimum atomic E-state index is 1.07. The Hall–Kier alpha value is -0.370. The number of hydrogen-bond donors (Lipinski definition) is 0. The highest BCUT2D eigenvalue weighted by Gasteiger charge is 1.95. The number of nitrogens with zero attached hydrogens (tertiary/aromatic N) is 1. The van der Waals surface area contributed by atoms with E-state index in [1.54, 1.807) is 0 Å². The lowest BCUT2D eigenvalue weighted by Gasteiger charge is -2.01. The van der Waals surface area contributed by atoms with Crippen molar-refractivity contribution in [3.8, 4) is 0 Å². The van der Waals surface area contributed by atoms with E-state index >= 15 is 0 Å². The first-order valence-electron chi connectivity index (χ1n) is 3.81. The fourth-order valence-electron chi connectivity index (χ4n) is 1.04. The first kappa shape index (κ1) is 8.72. The fraction of sp³-hybridized carbons (Fsp3) is 0.444. The first-order chi connectivity index (χ1) is 5.34. The van der Waals surface area contributed by atoms with Crippen LogP contribution in [-0.4, -0.2) is 10.3 Å². The summed E-state index contributed by atoms with van der Waals surface area (Å²) in [6.07, 6.45) is 4.16. The molecule has 11 heavy (non-hydrogen) atoms. The molecule has 0 fully saturated rings. The van der Waals surface area contributed by atoms with Crippen molar-refractivity contribution in [2.24, 2.45) is 0 Å². The van der Waals surface area contributed by atoms with E-state index < -0.39 is 0 Å². The van der Waals surface area contributed by atoms with Gasteiger partial charge >= 0.3 is 0 Å². The van der Waals surface area contributed by atoms with Gasteiger partial charge in [-0.15, -0.1) is 0 Å². The van der Waals surface area contributed by atoms with Gasteiger partial charge in [0, 0.05) is 17.2 Å². The molecule has 2 heteroatoms. The van der Waals surface area contributed by atoms with Gasteiger partial charge in [0.05, 0.1) is 0 Å². The number of aryl methyl sites for hydroxylation is 2. The summed E-state index contributed by atoms with van der Waals surface area (Å²) in [5.74, 6) is 0. The van der Waals surface area contributed by atoms with Crippen LogP contribution in [0.2, 0.25) is 0 Å². The quantitative estimate of drug-likeness (QED) is 0.705. The van der Waals surface area contributed by atoms with Crippen LogP contribution in [0.15, 0.2) is 18.3 Å². The summed E-state index contributed by atoms with van der Waals surface area (Å²) in [5, 5.41) is 1.07. The van der Waals surface area contributed by atoms with Crippen molar-refractivity contribution in [3.05, 3.63) is 29.6 Å². The fourth-order valence-corrected chi connectivity index (χ4v) is 1.32. The Morgan fingerprint density at radius 1 is 1.55 bits per heavy atom. The molecule has 0 N–H and O–H groups in total. The lowest BCUT2D eigenvalue weighted by atomic mass is 10.1. The zero-order valence-electron chi connectivity index (χ0n) is 6.68. The van der Waals surface area contributed by atoms with E-state index in [1.807, 2.05) is 12.3 Å². The first-order valence-corrected chi connectivity index (χ1v) is 4.93. The summed E-state index contributed by atoms with van der Waals surface area (Å²) in [5.41, 5.74) is 2.53. The van der Waals surface area contributed by atoms with Crippen molar-refractivity contribution in [3.63, 3.8) is 0 Å². The third-order valence-electron chi connectivity index (χ3n) is 1.70. The highest BCUT2D eigenvalue weighted by atomic mass is 79.9. The second kappa shape index (κ2) is 4.50. The van der Waals surface area contributed by atoms with Gasteiger partial charge < -0.3 is 0 Å². The van der Waals surface area contributed by atoms with Gasteiger partial charge in [-0.3, -0.25) is 4.98 Å². The second-order valence-electron chi connectivity index (χ2n) is 2.54. The summed E-state index contributed by atoms with van der Waals surface area (Å²) in [7, 11) is 0. The van der Waals surface area contributed by atoms with E-state index in [9.17, 15) is 0 Å². The SMILES string of the molecule is Cc1ncccc1CCCBr. The number of aromatic nitrogens is 1. The van der Waals surface area contributed by atoms with E-state index in [1.165, 1.54) is 12.0 Å². The zero-order valence-corrected chi connectivity index (χ0v) is 8.26. The molecular formula is C9H12BrN. The monoisotopic (exact) mass is 213 g/mol. The molecule has 0 unspecified atom stereocenters. The Bertz CT molecular complexity index is 223. The maximum absolute atomic E-state index is 4.22. The van der Waals surface area contributed by atoms with Crippen LogP contribution in [0.1, 0.15) is 17.7 Å². The highest BCUT2D eigenvalue weighted by Crippen LogP contribution is 2.07. The van der Waals surface area contributed by atoms with Crippen molar-refractivity contribution >= 4 is 15.9 Å². The van der Waals surface area contributed by atoms with Crippen molar-refractivity contribution < 1.29 is 0 Å². The van der Waals surface area contributed by atoms with Gasteiger partial charge in [-0.2, -0.15) is 0 Å². The summed E-state index contributed by atoms with van der Waals surface area (Å²) in [4.78, 5) is 4.22. The van der Waals surface area contributed by atoms with E-state index in [0.717, 1.165) is 17.4 Å². The summed E-state index contributed by atoms with van der Waals surface area (Å²) < 4.78 is 0. The smallest absolute Gasteiger partial charge is 0.0404 e. The van der Waals surface area contributed by atoms with Gasteiger partial charge in [0.25, 0.3) is 0 Å². The van der Waals surface area contributed by atoms with Gasteiger partial charge in [0.15, 0.2) is 0 Å². The maximum Gasteiger partial charge on any atom is 0.0404 e. The molecule has 0 saturated heterocycles. The van der Waals surface area contributed by atoms with E-state index in [0.29, 0.717) is 0 Å².